The van der Waals surface area contributed by atoms with Crippen LogP contribution in [0.1, 0.15) is 29.3 Å². The number of amides is 1. The highest BCUT2D eigenvalue weighted by Gasteiger charge is 2.26. The number of hydrogen-bond donors (Lipinski definition) is 1. The van der Waals surface area contributed by atoms with Crippen molar-refractivity contribution in [3.63, 3.8) is 0 Å². The molecule has 2 aromatic rings. The normalized spacial score (nSPS) is 11.2. The van der Waals surface area contributed by atoms with Crippen LogP contribution in [0.5, 0.6) is 0 Å². The molecule has 0 saturated heterocycles. The van der Waals surface area contributed by atoms with Crippen LogP contribution in [-0.4, -0.2) is 41.1 Å². The molecule has 0 aliphatic carbocycles. The molecular formula is C20H26N2O4S. The first-order valence-electron chi connectivity index (χ1n) is 8.87. The fourth-order valence-corrected chi connectivity index (χ4v) is 4.47. The van der Waals surface area contributed by atoms with Gasteiger partial charge in [-0.15, -0.1) is 0 Å². The molecule has 0 fully saturated rings. The number of aryl methyl sites for hydroxylation is 1. The highest BCUT2D eigenvalue weighted by Crippen LogP contribution is 2.26. The van der Waals surface area contributed by atoms with Crippen molar-refractivity contribution >= 4 is 21.6 Å². The van der Waals surface area contributed by atoms with E-state index >= 15 is 0 Å². The monoisotopic (exact) mass is 390 g/mol. The number of carbonyl (C=O) groups excluding carboxylic acids is 1. The van der Waals surface area contributed by atoms with Crippen molar-refractivity contribution < 1.29 is 17.9 Å². The third kappa shape index (κ3) is 5.08. The first-order chi connectivity index (χ1) is 12.9. The lowest BCUT2D eigenvalue weighted by Crippen LogP contribution is -2.32. The summed E-state index contributed by atoms with van der Waals surface area (Å²) >= 11 is 0. The Balaban J connectivity index is 2.32. The summed E-state index contributed by atoms with van der Waals surface area (Å²) in [7, 11) is -2.18. The Morgan fingerprint density at radius 3 is 2.48 bits per heavy atom. The van der Waals surface area contributed by atoms with Gasteiger partial charge in [0, 0.05) is 32.4 Å². The van der Waals surface area contributed by atoms with E-state index in [4.69, 9.17) is 4.74 Å². The van der Waals surface area contributed by atoms with Gasteiger partial charge in [-0.1, -0.05) is 24.3 Å². The molecule has 0 radical (unpaired) electrons. The SMILES string of the molecule is CCN(c1ccccc1)S(=O)(=O)c1cc(C(=O)NCCCOC)ccc1C. The molecule has 2 aromatic carbocycles. The van der Waals surface area contributed by atoms with Crippen LogP contribution in [0.4, 0.5) is 5.69 Å². The number of sulfonamides is 1. The number of benzene rings is 2. The molecule has 0 heterocycles. The summed E-state index contributed by atoms with van der Waals surface area (Å²) in [6, 6.07) is 13.7. The molecule has 146 valence electrons. The molecule has 7 heteroatoms. The van der Waals surface area contributed by atoms with Gasteiger partial charge in [0.1, 0.15) is 0 Å². The molecule has 0 bridgehead atoms. The summed E-state index contributed by atoms with van der Waals surface area (Å²) in [5, 5.41) is 2.78. The lowest BCUT2D eigenvalue weighted by molar-refractivity contribution is 0.0948. The topological polar surface area (TPSA) is 75.7 Å². The van der Waals surface area contributed by atoms with E-state index in [1.807, 2.05) is 6.07 Å². The maximum absolute atomic E-state index is 13.2. The average molecular weight is 391 g/mol. The number of methoxy groups -OCH3 is 1. The number of nitrogens with one attached hydrogen (secondary N) is 1. The largest absolute Gasteiger partial charge is 0.385 e. The molecule has 0 saturated carbocycles. The van der Waals surface area contributed by atoms with Gasteiger partial charge in [0.15, 0.2) is 0 Å². The number of carbonyl (C=O) groups is 1. The molecule has 1 amide bonds. The molecule has 0 spiro atoms. The number of hydrogen-bond acceptors (Lipinski definition) is 4. The molecule has 2 rings (SSSR count). The fraction of sp³-hybridized carbons (Fsp3) is 0.350. The average Bonchev–Trinajstić information content (AvgIpc) is 2.66. The van der Waals surface area contributed by atoms with Crippen LogP contribution in [0.2, 0.25) is 0 Å². The van der Waals surface area contributed by atoms with Crippen molar-refractivity contribution in [2.75, 3.05) is 31.1 Å². The predicted octanol–water partition coefficient (Wildman–Crippen LogP) is 2.98. The predicted molar refractivity (Wildman–Crippen MR) is 107 cm³/mol. The van der Waals surface area contributed by atoms with Crippen molar-refractivity contribution in [1.82, 2.24) is 5.32 Å². The molecule has 27 heavy (non-hydrogen) atoms. The molecule has 0 aliphatic rings. The summed E-state index contributed by atoms with van der Waals surface area (Å²) in [4.78, 5) is 12.5. The number of rotatable bonds is 9. The van der Waals surface area contributed by atoms with Crippen LogP contribution >= 0.6 is 0 Å². The highest BCUT2D eigenvalue weighted by molar-refractivity contribution is 7.92. The minimum atomic E-state index is -3.79. The highest BCUT2D eigenvalue weighted by atomic mass is 32.2. The Morgan fingerprint density at radius 1 is 1.15 bits per heavy atom. The van der Waals surface area contributed by atoms with Gasteiger partial charge in [0.05, 0.1) is 10.6 Å². The van der Waals surface area contributed by atoms with Crippen molar-refractivity contribution in [2.45, 2.75) is 25.2 Å². The van der Waals surface area contributed by atoms with Crippen molar-refractivity contribution in [1.29, 1.82) is 0 Å². The van der Waals surface area contributed by atoms with Crippen molar-refractivity contribution in [3.05, 3.63) is 59.7 Å². The van der Waals surface area contributed by atoms with Gasteiger partial charge in [-0.25, -0.2) is 8.42 Å². The smallest absolute Gasteiger partial charge is 0.264 e. The molecule has 6 nitrogen and oxygen atoms in total. The fourth-order valence-electron chi connectivity index (χ4n) is 2.74. The van der Waals surface area contributed by atoms with E-state index in [1.165, 1.54) is 10.4 Å². The molecule has 1 N–H and O–H groups in total. The summed E-state index contributed by atoms with van der Waals surface area (Å²) in [6.07, 6.45) is 0.691. The third-order valence-corrected chi connectivity index (χ3v) is 6.21. The lowest BCUT2D eigenvalue weighted by atomic mass is 10.1. The summed E-state index contributed by atoms with van der Waals surface area (Å²) in [5.41, 5.74) is 1.51. The molecule has 0 aromatic heterocycles. The van der Waals surface area contributed by atoms with E-state index in [1.54, 1.807) is 57.4 Å². The molecule has 0 atom stereocenters. The lowest BCUT2D eigenvalue weighted by Gasteiger charge is -2.24. The van der Waals surface area contributed by atoms with Crippen LogP contribution in [0.25, 0.3) is 0 Å². The number of ether oxygens (including phenoxy) is 1. The van der Waals surface area contributed by atoms with E-state index in [0.29, 0.717) is 42.9 Å². The van der Waals surface area contributed by atoms with Gasteiger partial charge >= 0.3 is 0 Å². The van der Waals surface area contributed by atoms with Crippen LogP contribution in [-0.2, 0) is 14.8 Å². The van der Waals surface area contributed by atoms with Crippen LogP contribution in [0.3, 0.4) is 0 Å². The quantitative estimate of drug-likeness (QED) is 0.668. The summed E-state index contributed by atoms with van der Waals surface area (Å²) in [6.45, 7) is 4.82. The molecule has 0 unspecified atom stereocenters. The van der Waals surface area contributed by atoms with E-state index in [9.17, 15) is 13.2 Å². The second kappa shape index (κ2) is 9.53. The summed E-state index contributed by atoms with van der Waals surface area (Å²) in [5.74, 6) is -0.301. The number of anilines is 1. The Hall–Kier alpha value is -2.38. The second-order valence-electron chi connectivity index (χ2n) is 6.09. The van der Waals surface area contributed by atoms with E-state index in [-0.39, 0.29) is 10.8 Å². The summed E-state index contributed by atoms with van der Waals surface area (Å²) < 4.78 is 32.8. The van der Waals surface area contributed by atoms with Gasteiger partial charge in [-0.05, 0) is 50.1 Å². The third-order valence-electron chi connectivity index (χ3n) is 4.16. The van der Waals surface area contributed by atoms with Crippen LogP contribution < -0.4 is 9.62 Å². The number of nitrogens with zero attached hydrogens (tertiary/aromatic N) is 1. The Labute approximate surface area is 161 Å². The first-order valence-corrected chi connectivity index (χ1v) is 10.3. The standard InChI is InChI=1S/C20H26N2O4S/c1-4-22(18-9-6-5-7-10-18)27(24,25)19-15-17(12-11-16(19)2)20(23)21-13-8-14-26-3/h5-7,9-12,15H,4,8,13-14H2,1-3H3,(H,21,23). The van der Waals surface area contributed by atoms with E-state index < -0.39 is 10.0 Å². The van der Waals surface area contributed by atoms with Gasteiger partial charge in [-0.3, -0.25) is 9.10 Å². The minimum Gasteiger partial charge on any atom is -0.385 e. The van der Waals surface area contributed by atoms with Gasteiger partial charge in [0.2, 0.25) is 0 Å². The van der Waals surface area contributed by atoms with Gasteiger partial charge in [0.25, 0.3) is 15.9 Å². The van der Waals surface area contributed by atoms with E-state index in [2.05, 4.69) is 5.32 Å². The molecule has 0 aliphatic heterocycles. The Bertz CT molecular complexity index is 867. The molecular weight excluding hydrogens is 364 g/mol. The van der Waals surface area contributed by atoms with E-state index in [0.717, 1.165) is 0 Å². The first kappa shape index (κ1) is 20.9. The zero-order chi connectivity index (χ0) is 19.9. The second-order valence-corrected chi connectivity index (χ2v) is 7.92. The van der Waals surface area contributed by atoms with Crippen LogP contribution in [0, 0.1) is 6.92 Å². The Morgan fingerprint density at radius 2 is 1.85 bits per heavy atom. The maximum atomic E-state index is 13.2. The minimum absolute atomic E-state index is 0.137. The van der Waals surface area contributed by atoms with Gasteiger partial charge in [-0.2, -0.15) is 0 Å². The van der Waals surface area contributed by atoms with Crippen molar-refractivity contribution in [2.24, 2.45) is 0 Å². The Kier molecular flexibility index (Phi) is 7.38. The zero-order valence-corrected chi connectivity index (χ0v) is 16.8. The van der Waals surface area contributed by atoms with Crippen LogP contribution in [0.15, 0.2) is 53.4 Å². The zero-order valence-electron chi connectivity index (χ0n) is 15.9. The van der Waals surface area contributed by atoms with Crippen molar-refractivity contribution in [3.8, 4) is 0 Å². The maximum Gasteiger partial charge on any atom is 0.264 e. The van der Waals surface area contributed by atoms with Gasteiger partial charge < -0.3 is 10.1 Å². The number of para-hydroxylation sites is 1.